The van der Waals surface area contributed by atoms with Crippen LogP contribution in [0, 0.1) is 11.8 Å². The predicted octanol–water partition coefficient (Wildman–Crippen LogP) is 23.5. The van der Waals surface area contributed by atoms with Crippen molar-refractivity contribution in [1.82, 2.24) is 0 Å². The van der Waals surface area contributed by atoms with E-state index in [4.69, 9.17) is 37.0 Å². The summed E-state index contributed by atoms with van der Waals surface area (Å²) in [6.45, 7) is 9.63. The van der Waals surface area contributed by atoms with Crippen LogP contribution in [0.25, 0.3) is 0 Å². The minimum atomic E-state index is -4.96. The van der Waals surface area contributed by atoms with E-state index in [9.17, 15) is 43.2 Å². The smallest absolute Gasteiger partial charge is 0.462 e. The Bertz CT molecular complexity index is 1890. The molecule has 3 N–H and O–H groups in total. The molecule has 0 spiro atoms. The van der Waals surface area contributed by atoms with Gasteiger partial charge in [0, 0.05) is 25.7 Å². The van der Waals surface area contributed by atoms with Gasteiger partial charge in [0.25, 0.3) is 0 Å². The van der Waals surface area contributed by atoms with Crippen LogP contribution in [0.15, 0.2) is 0 Å². The molecule has 19 heteroatoms. The minimum Gasteiger partial charge on any atom is -0.462 e. The molecule has 0 aromatic carbocycles. The summed E-state index contributed by atoms with van der Waals surface area (Å²) >= 11 is 0. The quantitative estimate of drug-likeness (QED) is 0.0222. The van der Waals surface area contributed by atoms with Crippen LogP contribution in [0.4, 0.5) is 0 Å². The summed E-state index contributed by atoms with van der Waals surface area (Å²) in [7, 11) is -9.92. The number of aliphatic hydroxyl groups is 1. The summed E-state index contributed by atoms with van der Waals surface area (Å²) < 4.78 is 68.7. The van der Waals surface area contributed by atoms with Crippen LogP contribution >= 0.6 is 15.6 Å². The van der Waals surface area contributed by atoms with Crippen molar-refractivity contribution in [1.29, 1.82) is 0 Å². The van der Waals surface area contributed by atoms with E-state index in [1.165, 1.54) is 231 Å². The summed E-state index contributed by atoms with van der Waals surface area (Å²) in [4.78, 5) is 73.0. The average molecular weight is 1440 g/mol. The molecule has 0 amide bonds. The molecule has 0 bridgehead atoms. The summed E-state index contributed by atoms with van der Waals surface area (Å²) in [5.41, 5.74) is 0. The van der Waals surface area contributed by atoms with Crippen LogP contribution in [-0.4, -0.2) is 96.7 Å². The Morgan fingerprint density at radius 3 is 0.694 bits per heavy atom. The van der Waals surface area contributed by atoms with E-state index in [2.05, 4.69) is 41.5 Å². The molecule has 582 valence electrons. The Morgan fingerprint density at radius 1 is 0.276 bits per heavy atom. The maximum atomic E-state index is 13.1. The zero-order valence-electron chi connectivity index (χ0n) is 64.1. The molecule has 5 atom stereocenters. The van der Waals surface area contributed by atoms with Crippen molar-refractivity contribution in [3.63, 3.8) is 0 Å². The predicted molar refractivity (Wildman–Crippen MR) is 400 cm³/mol. The van der Waals surface area contributed by atoms with Crippen LogP contribution in [-0.2, 0) is 65.4 Å². The van der Waals surface area contributed by atoms with Gasteiger partial charge in [-0.3, -0.25) is 37.3 Å². The van der Waals surface area contributed by atoms with Crippen molar-refractivity contribution in [2.24, 2.45) is 11.8 Å². The fraction of sp³-hybridized carbons (Fsp3) is 0.949. The number of carbonyl (C=O) groups is 4. The van der Waals surface area contributed by atoms with E-state index in [1.807, 2.05) is 0 Å². The van der Waals surface area contributed by atoms with Crippen molar-refractivity contribution >= 4 is 39.5 Å². The first-order chi connectivity index (χ1) is 47.4. The van der Waals surface area contributed by atoms with Crippen LogP contribution in [0.3, 0.4) is 0 Å². The highest BCUT2D eigenvalue weighted by Crippen LogP contribution is 2.45. The number of aliphatic hydroxyl groups excluding tert-OH is 1. The van der Waals surface area contributed by atoms with E-state index < -0.39 is 97.5 Å². The zero-order valence-corrected chi connectivity index (χ0v) is 65.9. The highest BCUT2D eigenvalue weighted by atomic mass is 31.2. The Balaban J connectivity index is 5.25. The van der Waals surface area contributed by atoms with E-state index in [0.717, 1.165) is 102 Å². The number of rotatable bonds is 78. The van der Waals surface area contributed by atoms with Gasteiger partial charge in [0.2, 0.25) is 0 Å². The number of hydrogen-bond donors (Lipinski definition) is 3. The van der Waals surface area contributed by atoms with Gasteiger partial charge in [-0.15, -0.1) is 0 Å². The lowest BCUT2D eigenvalue weighted by atomic mass is 10.0. The summed E-state index contributed by atoms with van der Waals surface area (Å²) in [5, 5.41) is 10.6. The van der Waals surface area contributed by atoms with E-state index in [1.54, 1.807) is 0 Å². The van der Waals surface area contributed by atoms with Gasteiger partial charge in [-0.1, -0.05) is 363 Å². The van der Waals surface area contributed by atoms with Gasteiger partial charge in [0.05, 0.1) is 26.4 Å². The Morgan fingerprint density at radius 2 is 0.469 bits per heavy atom. The topological polar surface area (TPSA) is 237 Å². The molecular weight excluding hydrogens is 1280 g/mol. The Labute approximate surface area is 600 Å². The third kappa shape index (κ3) is 72.4. The fourth-order valence-corrected chi connectivity index (χ4v) is 13.8. The average Bonchev–Trinajstić information content (AvgIpc) is 1.79. The van der Waals surface area contributed by atoms with Crippen molar-refractivity contribution in [2.75, 3.05) is 39.6 Å². The van der Waals surface area contributed by atoms with Gasteiger partial charge in [-0.25, -0.2) is 9.13 Å². The molecule has 0 aromatic rings. The lowest BCUT2D eigenvalue weighted by Crippen LogP contribution is -2.30. The first-order valence-electron chi connectivity index (χ1n) is 41.0. The van der Waals surface area contributed by atoms with Crippen molar-refractivity contribution in [2.45, 2.75) is 432 Å². The lowest BCUT2D eigenvalue weighted by molar-refractivity contribution is -0.161. The largest absolute Gasteiger partial charge is 0.472 e. The number of phosphoric ester groups is 2. The summed E-state index contributed by atoms with van der Waals surface area (Å²) in [6, 6.07) is 0. The van der Waals surface area contributed by atoms with Crippen molar-refractivity contribution in [3.8, 4) is 0 Å². The first kappa shape index (κ1) is 96.1. The molecule has 0 saturated carbocycles. The molecule has 0 aromatic heterocycles. The Hall–Kier alpha value is -1.94. The molecule has 0 fully saturated rings. The van der Waals surface area contributed by atoms with Gasteiger partial charge in [0.15, 0.2) is 12.2 Å². The van der Waals surface area contributed by atoms with E-state index in [0.29, 0.717) is 25.7 Å². The molecule has 0 aliphatic carbocycles. The molecule has 0 saturated heterocycles. The van der Waals surface area contributed by atoms with Gasteiger partial charge < -0.3 is 33.8 Å². The lowest BCUT2D eigenvalue weighted by Gasteiger charge is -2.21. The molecule has 0 aliphatic rings. The van der Waals surface area contributed by atoms with Gasteiger partial charge in [-0.05, 0) is 37.5 Å². The second kappa shape index (κ2) is 70.7. The minimum absolute atomic E-state index is 0.106. The van der Waals surface area contributed by atoms with E-state index >= 15 is 0 Å². The second-order valence-electron chi connectivity index (χ2n) is 29.4. The number of unbranched alkanes of at least 4 members (excludes halogenated alkanes) is 48. The van der Waals surface area contributed by atoms with Gasteiger partial charge >= 0.3 is 39.5 Å². The maximum absolute atomic E-state index is 13.1. The zero-order chi connectivity index (χ0) is 72.1. The fourth-order valence-electron chi connectivity index (χ4n) is 12.2. The summed E-state index contributed by atoms with van der Waals surface area (Å²) in [5.74, 6) is -0.563. The number of esters is 4. The molecule has 98 heavy (non-hydrogen) atoms. The standard InChI is InChI=1S/C79H154O17P2/c1-7-9-11-13-15-17-19-20-21-22-23-27-31-38-44-50-56-62-77(82)90-68-74(95-78(83)63-57-51-45-39-32-28-25-24-26-30-35-41-47-53-59-71(3)4)69-93-97(85,86)91-65-73(80)66-92-98(87,88)94-70-75(67-89-76(81)61-55-49-43-37-29-18-16-14-12-10-8-2)96-79(84)64-58-52-46-40-34-33-36-42-48-54-60-72(5)6/h71-75,80H,7-70H2,1-6H3,(H,85,86)(H,87,88)/t73-,74-,75-/m1/s1. The Kier molecular flexibility index (Phi) is 69.3. The van der Waals surface area contributed by atoms with Crippen LogP contribution in [0.5, 0.6) is 0 Å². The van der Waals surface area contributed by atoms with E-state index in [-0.39, 0.29) is 25.7 Å². The van der Waals surface area contributed by atoms with Crippen LogP contribution in [0.2, 0.25) is 0 Å². The first-order valence-corrected chi connectivity index (χ1v) is 44.0. The SMILES string of the molecule is CCCCCCCCCCCCCCCCCCCC(=O)OC[C@H](COP(=O)(O)OC[C@@H](O)COP(=O)(O)OC[C@@H](COC(=O)CCCCCCCCCCCCC)OC(=O)CCCCCCCCCCCCC(C)C)OC(=O)CCCCCCCCCCCCCCCCC(C)C. The highest BCUT2D eigenvalue weighted by Gasteiger charge is 2.30. The molecule has 0 rings (SSSR count). The van der Waals surface area contributed by atoms with Gasteiger partial charge in [0.1, 0.15) is 19.3 Å². The van der Waals surface area contributed by atoms with Crippen LogP contribution in [0.1, 0.15) is 414 Å². The highest BCUT2D eigenvalue weighted by molar-refractivity contribution is 7.47. The number of hydrogen-bond acceptors (Lipinski definition) is 15. The number of carbonyl (C=O) groups excluding carboxylic acids is 4. The molecule has 0 heterocycles. The molecular formula is C79H154O17P2. The number of phosphoric acid groups is 2. The monoisotopic (exact) mass is 1440 g/mol. The summed E-state index contributed by atoms with van der Waals surface area (Å²) in [6.07, 6.45) is 59.5. The second-order valence-corrected chi connectivity index (χ2v) is 32.3. The van der Waals surface area contributed by atoms with Crippen molar-refractivity contribution in [3.05, 3.63) is 0 Å². The normalized spacial score (nSPS) is 13.9. The van der Waals surface area contributed by atoms with Crippen LogP contribution < -0.4 is 0 Å². The molecule has 0 aliphatic heterocycles. The van der Waals surface area contributed by atoms with Gasteiger partial charge in [-0.2, -0.15) is 0 Å². The third-order valence-electron chi connectivity index (χ3n) is 18.5. The molecule has 0 radical (unpaired) electrons. The third-order valence-corrected chi connectivity index (χ3v) is 20.4. The van der Waals surface area contributed by atoms with Crippen molar-refractivity contribution < 1.29 is 80.2 Å². The molecule has 2 unspecified atom stereocenters. The molecule has 17 nitrogen and oxygen atoms in total. The maximum Gasteiger partial charge on any atom is 0.472 e. The number of ether oxygens (including phenoxy) is 4.